The van der Waals surface area contributed by atoms with E-state index in [1.165, 1.54) is 12.1 Å². The zero-order chi connectivity index (χ0) is 18.7. The average molecular weight is 359 g/mol. The lowest BCUT2D eigenvalue weighted by molar-refractivity contribution is 0.129. The van der Waals surface area contributed by atoms with Gasteiger partial charge in [-0.05, 0) is 42.7 Å². The highest BCUT2D eigenvalue weighted by molar-refractivity contribution is 5.70. The van der Waals surface area contributed by atoms with E-state index >= 15 is 0 Å². The molecule has 1 aliphatic rings. The number of carbonyl (C=O) groups is 1. The number of benzene rings is 2. The first-order valence-electron chi connectivity index (χ1n) is 8.45. The molecular formula is C20H22FNO4. The van der Waals surface area contributed by atoms with Crippen LogP contribution in [0.4, 0.5) is 9.18 Å². The molecule has 0 spiro atoms. The average Bonchev–Trinajstić information content (AvgIpc) is 3.04. The van der Waals surface area contributed by atoms with Crippen molar-refractivity contribution in [3.63, 3.8) is 0 Å². The molecule has 1 fully saturated rings. The number of hydrogen-bond donors (Lipinski definition) is 0. The van der Waals surface area contributed by atoms with Crippen molar-refractivity contribution < 1.29 is 23.4 Å². The van der Waals surface area contributed by atoms with Crippen molar-refractivity contribution in [2.75, 3.05) is 20.8 Å². The van der Waals surface area contributed by atoms with Crippen LogP contribution in [0.2, 0.25) is 0 Å². The normalized spacial score (nSPS) is 17.8. The van der Waals surface area contributed by atoms with Crippen LogP contribution in [0, 0.1) is 5.82 Å². The Balaban J connectivity index is 1.71. The number of carbonyl (C=O) groups excluding carboxylic acids is 1. The molecule has 138 valence electrons. The van der Waals surface area contributed by atoms with Gasteiger partial charge in [0.15, 0.2) is 0 Å². The maximum Gasteiger partial charge on any atom is 0.410 e. The molecule has 0 radical (unpaired) electrons. The molecule has 0 aliphatic carbocycles. The minimum Gasteiger partial charge on any atom is -0.497 e. The molecule has 1 amide bonds. The highest BCUT2D eigenvalue weighted by Crippen LogP contribution is 2.31. The largest absolute Gasteiger partial charge is 0.497 e. The molecule has 26 heavy (non-hydrogen) atoms. The molecule has 1 heterocycles. The summed E-state index contributed by atoms with van der Waals surface area (Å²) in [6, 6.07) is 11.6. The van der Waals surface area contributed by atoms with Gasteiger partial charge in [0.05, 0.1) is 20.8 Å². The van der Waals surface area contributed by atoms with Gasteiger partial charge < -0.3 is 19.1 Å². The van der Waals surface area contributed by atoms with Gasteiger partial charge in [-0.25, -0.2) is 9.18 Å². The van der Waals surface area contributed by atoms with Crippen molar-refractivity contribution in [2.24, 2.45) is 0 Å². The third-order valence-corrected chi connectivity index (χ3v) is 4.62. The molecule has 0 aromatic heterocycles. The molecule has 0 saturated carbocycles. The van der Waals surface area contributed by atoms with Gasteiger partial charge in [-0.15, -0.1) is 0 Å². The van der Waals surface area contributed by atoms with E-state index in [4.69, 9.17) is 14.2 Å². The molecule has 2 aromatic rings. The Hall–Kier alpha value is -2.76. The zero-order valence-electron chi connectivity index (χ0n) is 15.1. The lowest BCUT2D eigenvalue weighted by Gasteiger charge is -2.23. The van der Waals surface area contributed by atoms with Crippen molar-refractivity contribution in [1.29, 1.82) is 0 Å². The summed E-state index contributed by atoms with van der Waals surface area (Å²) in [6.45, 7) is 2.40. The molecule has 0 N–H and O–H groups in total. The van der Waals surface area contributed by atoms with Crippen LogP contribution in [-0.2, 0) is 11.2 Å². The second kappa shape index (κ2) is 7.64. The lowest BCUT2D eigenvalue weighted by Crippen LogP contribution is -2.35. The number of halogens is 1. The van der Waals surface area contributed by atoms with Crippen LogP contribution in [0.3, 0.4) is 0 Å². The third-order valence-electron chi connectivity index (χ3n) is 4.62. The standard InChI is InChI=1S/C20H22FNO4/c1-13(10-15-6-9-17(24-2)11-18(15)25-3)22-12-19(26-20(22)23)14-4-7-16(21)8-5-14/h4-9,11,13,19H,10,12H2,1-3H3/t13-,19+/m1/s1. The van der Waals surface area contributed by atoms with E-state index in [9.17, 15) is 9.18 Å². The van der Waals surface area contributed by atoms with Crippen LogP contribution >= 0.6 is 0 Å². The third kappa shape index (κ3) is 3.74. The maximum atomic E-state index is 13.1. The Morgan fingerprint density at radius 2 is 1.92 bits per heavy atom. The van der Waals surface area contributed by atoms with E-state index in [1.54, 1.807) is 31.3 Å². The van der Waals surface area contributed by atoms with Crippen LogP contribution in [0.15, 0.2) is 42.5 Å². The zero-order valence-corrected chi connectivity index (χ0v) is 15.1. The first-order chi connectivity index (χ1) is 12.5. The van der Waals surface area contributed by atoms with Crippen LogP contribution in [0.5, 0.6) is 11.5 Å². The van der Waals surface area contributed by atoms with E-state index in [-0.39, 0.29) is 24.1 Å². The predicted octanol–water partition coefficient (Wildman–Crippen LogP) is 3.97. The number of amides is 1. The van der Waals surface area contributed by atoms with Gasteiger partial charge in [0.1, 0.15) is 23.4 Å². The summed E-state index contributed by atoms with van der Waals surface area (Å²) in [5, 5.41) is 0. The molecule has 0 bridgehead atoms. The molecular weight excluding hydrogens is 337 g/mol. The summed E-state index contributed by atoms with van der Waals surface area (Å²) in [5.41, 5.74) is 1.77. The van der Waals surface area contributed by atoms with Gasteiger partial charge in [0.2, 0.25) is 0 Å². The van der Waals surface area contributed by atoms with Crippen LogP contribution < -0.4 is 9.47 Å². The molecule has 5 nitrogen and oxygen atoms in total. The first-order valence-corrected chi connectivity index (χ1v) is 8.45. The lowest BCUT2D eigenvalue weighted by atomic mass is 10.0. The van der Waals surface area contributed by atoms with Crippen LogP contribution in [0.1, 0.15) is 24.2 Å². The van der Waals surface area contributed by atoms with E-state index in [0.29, 0.717) is 13.0 Å². The second-order valence-electron chi connectivity index (χ2n) is 6.31. The number of cyclic esters (lactones) is 1. The van der Waals surface area contributed by atoms with Crippen LogP contribution in [-0.4, -0.2) is 37.8 Å². The quantitative estimate of drug-likeness (QED) is 0.783. The molecule has 0 unspecified atom stereocenters. The van der Waals surface area contributed by atoms with Gasteiger partial charge in [-0.3, -0.25) is 0 Å². The molecule has 1 saturated heterocycles. The Labute approximate surface area is 152 Å². The minimum absolute atomic E-state index is 0.0738. The number of nitrogens with zero attached hydrogens (tertiary/aromatic N) is 1. The molecule has 2 aromatic carbocycles. The highest BCUT2D eigenvalue weighted by Gasteiger charge is 2.35. The van der Waals surface area contributed by atoms with E-state index in [1.807, 2.05) is 25.1 Å². The van der Waals surface area contributed by atoms with Crippen molar-refractivity contribution >= 4 is 6.09 Å². The summed E-state index contributed by atoms with van der Waals surface area (Å²) in [5.74, 6) is 1.13. The summed E-state index contributed by atoms with van der Waals surface area (Å²) in [7, 11) is 3.21. The van der Waals surface area contributed by atoms with Gasteiger partial charge in [0.25, 0.3) is 0 Å². The molecule has 2 atom stereocenters. The molecule has 6 heteroatoms. The minimum atomic E-state index is -0.386. The van der Waals surface area contributed by atoms with E-state index < -0.39 is 0 Å². The Kier molecular flexibility index (Phi) is 5.30. The fraction of sp³-hybridized carbons (Fsp3) is 0.350. The smallest absolute Gasteiger partial charge is 0.410 e. The summed E-state index contributed by atoms with van der Waals surface area (Å²) < 4.78 is 29.2. The SMILES string of the molecule is COc1ccc(C[C@@H](C)N2C[C@@H](c3ccc(F)cc3)OC2=O)c(OC)c1. The van der Waals surface area contributed by atoms with Crippen molar-refractivity contribution in [3.8, 4) is 11.5 Å². The van der Waals surface area contributed by atoms with E-state index in [2.05, 4.69) is 0 Å². The fourth-order valence-electron chi connectivity index (χ4n) is 3.14. The monoisotopic (exact) mass is 359 g/mol. The number of ether oxygens (including phenoxy) is 3. The Morgan fingerprint density at radius 1 is 1.19 bits per heavy atom. The molecule has 3 rings (SSSR count). The van der Waals surface area contributed by atoms with Gasteiger partial charge in [0, 0.05) is 12.1 Å². The maximum absolute atomic E-state index is 13.1. The van der Waals surface area contributed by atoms with Gasteiger partial charge in [-0.1, -0.05) is 18.2 Å². The highest BCUT2D eigenvalue weighted by atomic mass is 19.1. The van der Waals surface area contributed by atoms with Crippen molar-refractivity contribution in [3.05, 3.63) is 59.4 Å². The fourth-order valence-corrected chi connectivity index (χ4v) is 3.14. The van der Waals surface area contributed by atoms with Crippen LogP contribution in [0.25, 0.3) is 0 Å². The summed E-state index contributed by atoms with van der Waals surface area (Å²) >= 11 is 0. The van der Waals surface area contributed by atoms with Crippen molar-refractivity contribution in [1.82, 2.24) is 4.90 Å². The van der Waals surface area contributed by atoms with Crippen molar-refractivity contribution in [2.45, 2.75) is 25.5 Å². The van der Waals surface area contributed by atoms with Gasteiger partial charge >= 0.3 is 6.09 Å². The first kappa shape index (κ1) is 18.0. The molecule has 1 aliphatic heterocycles. The number of rotatable bonds is 6. The number of methoxy groups -OCH3 is 2. The summed E-state index contributed by atoms with van der Waals surface area (Å²) in [4.78, 5) is 14.0. The topological polar surface area (TPSA) is 48.0 Å². The Morgan fingerprint density at radius 3 is 2.58 bits per heavy atom. The predicted molar refractivity (Wildman–Crippen MR) is 95.0 cm³/mol. The van der Waals surface area contributed by atoms with E-state index in [0.717, 1.165) is 22.6 Å². The number of hydrogen-bond acceptors (Lipinski definition) is 4. The Bertz CT molecular complexity index is 778. The second-order valence-corrected chi connectivity index (χ2v) is 6.31. The van der Waals surface area contributed by atoms with Gasteiger partial charge in [-0.2, -0.15) is 0 Å². The summed E-state index contributed by atoms with van der Waals surface area (Å²) in [6.07, 6.45) is -0.124.